The quantitative estimate of drug-likeness (QED) is 0.714. The summed E-state index contributed by atoms with van der Waals surface area (Å²) in [6, 6.07) is 0.258. The van der Waals surface area contributed by atoms with Crippen molar-refractivity contribution in [2.45, 2.75) is 64.5 Å². The van der Waals surface area contributed by atoms with E-state index in [-0.39, 0.29) is 12.1 Å². The van der Waals surface area contributed by atoms with Crippen LogP contribution in [0.2, 0.25) is 0 Å². The van der Waals surface area contributed by atoms with Gasteiger partial charge in [-0.3, -0.25) is 9.59 Å². The SMILES string of the molecule is CC[C@H](C)NC(=O)C(=O)NC1CCCCC1. The van der Waals surface area contributed by atoms with Gasteiger partial charge in [0.2, 0.25) is 0 Å². The summed E-state index contributed by atoms with van der Waals surface area (Å²) >= 11 is 0. The Bertz CT molecular complexity index is 247. The third-order valence-corrected chi connectivity index (χ3v) is 3.14. The van der Waals surface area contributed by atoms with Gasteiger partial charge in [0.1, 0.15) is 0 Å². The first-order chi connectivity index (χ1) is 7.63. The number of carbonyl (C=O) groups is 2. The van der Waals surface area contributed by atoms with Gasteiger partial charge in [0.05, 0.1) is 0 Å². The molecule has 92 valence electrons. The summed E-state index contributed by atoms with van der Waals surface area (Å²) in [7, 11) is 0. The van der Waals surface area contributed by atoms with Gasteiger partial charge >= 0.3 is 11.8 Å². The molecular formula is C12H22N2O2. The van der Waals surface area contributed by atoms with Gasteiger partial charge in [0.25, 0.3) is 0 Å². The predicted molar refractivity (Wildman–Crippen MR) is 62.9 cm³/mol. The van der Waals surface area contributed by atoms with Gasteiger partial charge in [0.15, 0.2) is 0 Å². The summed E-state index contributed by atoms with van der Waals surface area (Å²) in [6.07, 6.45) is 6.38. The largest absolute Gasteiger partial charge is 0.345 e. The van der Waals surface area contributed by atoms with Crippen molar-refractivity contribution >= 4 is 11.8 Å². The van der Waals surface area contributed by atoms with Crippen LogP contribution in [0, 0.1) is 0 Å². The molecule has 0 aliphatic heterocycles. The zero-order chi connectivity index (χ0) is 12.0. The molecule has 0 heterocycles. The Kier molecular flexibility index (Phi) is 5.29. The second-order valence-electron chi connectivity index (χ2n) is 4.59. The Morgan fingerprint density at radius 2 is 1.81 bits per heavy atom. The summed E-state index contributed by atoms with van der Waals surface area (Å²) in [5, 5.41) is 5.47. The first-order valence-corrected chi connectivity index (χ1v) is 6.24. The zero-order valence-electron chi connectivity index (χ0n) is 10.2. The maximum Gasteiger partial charge on any atom is 0.309 e. The lowest BCUT2D eigenvalue weighted by atomic mass is 9.95. The molecule has 1 fully saturated rings. The first kappa shape index (κ1) is 13.0. The molecule has 1 atom stereocenters. The van der Waals surface area contributed by atoms with Gasteiger partial charge in [-0.25, -0.2) is 0 Å². The van der Waals surface area contributed by atoms with Crippen molar-refractivity contribution in [2.24, 2.45) is 0 Å². The molecule has 2 amide bonds. The summed E-state index contributed by atoms with van der Waals surface area (Å²) in [5.41, 5.74) is 0. The van der Waals surface area contributed by atoms with E-state index >= 15 is 0 Å². The van der Waals surface area contributed by atoms with Gasteiger partial charge in [-0.05, 0) is 26.2 Å². The van der Waals surface area contributed by atoms with E-state index < -0.39 is 11.8 Å². The lowest BCUT2D eigenvalue weighted by Gasteiger charge is -2.22. The van der Waals surface area contributed by atoms with E-state index in [9.17, 15) is 9.59 Å². The molecule has 0 aromatic rings. The third-order valence-electron chi connectivity index (χ3n) is 3.14. The molecule has 0 saturated heterocycles. The Morgan fingerprint density at radius 3 is 2.38 bits per heavy atom. The van der Waals surface area contributed by atoms with Crippen molar-refractivity contribution in [2.75, 3.05) is 0 Å². The molecular weight excluding hydrogens is 204 g/mol. The van der Waals surface area contributed by atoms with Crippen molar-refractivity contribution in [1.82, 2.24) is 10.6 Å². The monoisotopic (exact) mass is 226 g/mol. The van der Waals surface area contributed by atoms with Gasteiger partial charge in [0, 0.05) is 12.1 Å². The van der Waals surface area contributed by atoms with Gasteiger partial charge in [-0.2, -0.15) is 0 Å². The number of nitrogens with one attached hydrogen (secondary N) is 2. The highest BCUT2D eigenvalue weighted by atomic mass is 16.2. The minimum atomic E-state index is -0.500. The lowest BCUT2D eigenvalue weighted by molar-refractivity contribution is -0.140. The van der Waals surface area contributed by atoms with Crippen molar-refractivity contribution in [3.05, 3.63) is 0 Å². The van der Waals surface area contributed by atoms with Crippen LogP contribution in [0.25, 0.3) is 0 Å². The summed E-state index contributed by atoms with van der Waals surface area (Å²) in [4.78, 5) is 23.0. The molecule has 4 heteroatoms. The van der Waals surface area contributed by atoms with Gasteiger partial charge in [-0.15, -0.1) is 0 Å². The van der Waals surface area contributed by atoms with Crippen molar-refractivity contribution in [3.63, 3.8) is 0 Å². The van der Waals surface area contributed by atoms with Crippen LogP contribution in [0.5, 0.6) is 0 Å². The zero-order valence-corrected chi connectivity index (χ0v) is 10.2. The first-order valence-electron chi connectivity index (χ1n) is 6.24. The predicted octanol–water partition coefficient (Wildman–Crippen LogP) is 1.35. The highest BCUT2D eigenvalue weighted by Crippen LogP contribution is 2.17. The molecule has 1 saturated carbocycles. The standard InChI is InChI=1S/C12H22N2O2/c1-3-9(2)13-11(15)12(16)14-10-7-5-4-6-8-10/h9-10H,3-8H2,1-2H3,(H,13,15)(H,14,16)/t9-/m0/s1. The molecule has 4 nitrogen and oxygen atoms in total. The number of carbonyl (C=O) groups excluding carboxylic acids is 2. The van der Waals surface area contributed by atoms with E-state index in [1.807, 2.05) is 13.8 Å². The third kappa shape index (κ3) is 4.21. The highest BCUT2D eigenvalue weighted by Gasteiger charge is 2.20. The molecule has 0 aromatic carbocycles. The van der Waals surface area contributed by atoms with E-state index in [0.717, 1.165) is 32.1 Å². The van der Waals surface area contributed by atoms with Gasteiger partial charge in [-0.1, -0.05) is 26.2 Å². The summed E-state index contributed by atoms with van der Waals surface area (Å²) in [5.74, 6) is -0.980. The molecule has 0 bridgehead atoms. The minimum absolute atomic E-state index is 0.0598. The fourth-order valence-electron chi connectivity index (χ4n) is 1.89. The number of rotatable bonds is 3. The summed E-state index contributed by atoms with van der Waals surface area (Å²) < 4.78 is 0. The highest BCUT2D eigenvalue weighted by molar-refractivity contribution is 6.35. The molecule has 0 spiro atoms. The average molecular weight is 226 g/mol. The van der Waals surface area contributed by atoms with Crippen LogP contribution < -0.4 is 10.6 Å². The van der Waals surface area contributed by atoms with Crippen LogP contribution in [0.15, 0.2) is 0 Å². The van der Waals surface area contributed by atoms with E-state index in [0.29, 0.717) is 0 Å². The molecule has 16 heavy (non-hydrogen) atoms. The molecule has 0 unspecified atom stereocenters. The van der Waals surface area contributed by atoms with Crippen molar-refractivity contribution in [3.8, 4) is 0 Å². The average Bonchev–Trinajstić information content (AvgIpc) is 2.30. The second-order valence-corrected chi connectivity index (χ2v) is 4.59. The Balaban J connectivity index is 2.30. The minimum Gasteiger partial charge on any atom is -0.345 e. The van der Waals surface area contributed by atoms with Crippen molar-refractivity contribution in [1.29, 1.82) is 0 Å². The number of hydrogen-bond acceptors (Lipinski definition) is 2. The molecule has 2 N–H and O–H groups in total. The molecule has 1 aliphatic carbocycles. The van der Waals surface area contributed by atoms with Crippen LogP contribution in [0.3, 0.4) is 0 Å². The fourth-order valence-corrected chi connectivity index (χ4v) is 1.89. The molecule has 1 rings (SSSR count). The number of amides is 2. The maximum absolute atomic E-state index is 11.5. The van der Waals surface area contributed by atoms with Crippen LogP contribution in [-0.4, -0.2) is 23.9 Å². The Morgan fingerprint density at radius 1 is 1.19 bits per heavy atom. The fraction of sp³-hybridized carbons (Fsp3) is 0.833. The van der Waals surface area contributed by atoms with Crippen LogP contribution in [-0.2, 0) is 9.59 Å². The Labute approximate surface area is 97.2 Å². The normalized spacial score (nSPS) is 18.9. The Hall–Kier alpha value is -1.06. The van der Waals surface area contributed by atoms with Crippen LogP contribution in [0.1, 0.15) is 52.4 Å². The molecule has 1 aliphatic rings. The molecule has 0 radical (unpaired) electrons. The summed E-state index contributed by atoms with van der Waals surface area (Å²) in [6.45, 7) is 3.87. The van der Waals surface area contributed by atoms with Gasteiger partial charge < -0.3 is 10.6 Å². The lowest BCUT2D eigenvalue weighted by Crippen LogP contribution is -2.47. The smallest absolute Gasteiger partial charge is 0.309 e. The molecule has 0 aromatic heterocycles. The van der Waals surface area contributed by atoms with Crippen molar-refractivity contribution < 1.29 is 9.59 Å². The van der Waals surface area contributed by atoms with E-state index in [4.69, 9.17) is 0 Å². The van der Waals surface area contributed by atoms with Crippen LogP contribution >= 0.6 is 0 Å². The second kappa shape index (κ2) is 6.51. The number of hydrogen-bond donors (Lipinski definition) is 2. The topological polar surface area (TPSA) is 58.2 Å². The van der Waals surface area contributed by atoms with E-state index in [1.54, 1.807) is 0 Å². The van der Waals surface area contributed by atoms with E-state index in [1.165, 1.54) is 6.42 Å². The maximum atomic E-state index is 11.5. The van der Waals surface area contributed by atoms with E-state index in [2.05, 4.69) is 10.6 Å². The van der Waals surface area contributed by atoms with Crippen LogP contribution in [0.4, 0.5) is 0 Å².